The van der Waals surface area contributed by atoms with E-state index in [2.05, 4.69) is 15.0 Å². The molecule has 1 aromatic carbocycles. The van der Waals surface area contributed by atoms with E-state index in [1.54, 1.807) is 18.2 Å². The predicted molar refractivity (Wildman–Crippen MR) is 107 cm³/mol. The summed E-state index contributed by atoms with van der Waals surface area (Å²) in [6.07, 6.45) is 5.41. The first-order chi connectivity index (χ1) is 12.9. The van der Waals surface area contributed by atoms with Crippen LogP contribution in [0.15, 0.2) is 35.2 Å². The highest BCUT2D eigenvalue weighted by Crippen LogP contribution is 2.29. The first-order valence-corrected chi connectivity index (χ1v) is 11.5. The molecule has 1 aliphatic rings. The van der Waals surface area contributed by atoms with Gasteiger partial charge in [0, 0.05) is 4.88 Å². The normalized spacial score (nSPS) is 15.8. The zero-order valence-electron chi connectivity index (χ0n) is 15.6. The molecule has 2 aromatic rings. The predicted octanol–water partition coefficient (Wildman–Crippen LogP) is 3.35. The van der Waals surface area contributed by atoms with E-state index < -0.39 is 16.1 Å². The zero-order valence-corrected chi connectivity index (χ0v) is 17.2. The molecule has 1 atom stereocenters. The van der Waals surface area contributed by atoms with Gasteiger partial charge in [0.2, 0.25) is 15.9 Å². The van der Waals surface area contributed by atoms with E-state index >= 15 is 0 Å². The van der Waals surface area contributed by atoms with Crippen molar-refractivity contribution in [2.24, 2.45) is 5.92 Å². The van der Waals surface area contributed by atoms with Crippen LogP contribution in [0.2, 0.25) is 0 Å². The number of hydrogen-bond acceptors (Lipinski definition) is 5. The van der Waals surface area contributed by atoms with Crippen LogP contribution in [0.4, 0.5) is 5.13 Å². The highest BCUT2D eigenvalue weighted by atomic mass is 32.2. The lowest BCUT2D eigenvalue weighted by Crippen LogP contribution is -2.47. The van der Waals surface area contributed by atoms with Crippen molar-refractivity contribution in [1.82, 2.24) is 9.71 Å². The molecule has 1 aliphatic carbocycles. The lowest BCUT2D eigenvalue weighted by Gasteiger charge is -2.21. The number of carbonyl (C=O) groups excluding carboxylic acids is 1. The molecule has 0 saturated carbocycles. The van der Waals surface area contributed by atoms with Crippen LogP contribution in [-0.2, 0) is 27.7 Å². The number of nitrogens with one attached hydrogen (secondary N) is 2. The molecular weight excluding hydrogens is 382 g/mol. The Labute approximate surface area is 164 Å². The lowest BCUT2D eigenvalue weighted by atomic mass is 10.1. The molecule has 0 fully saturated rings. The van der Waals surface area contributed by atoms with E-state index in [1.807, 2.05) is 13.8 Å². The molecule has 2 N–H and O–H groups in total. The first-order valence-electron chi connectivity index (χ1n) is 9.23. The number of aromatic nitrogens is 1. The van der Waals surface area contributed by atoms with E-state index in [0.717, 1.165) is 31.4 Å². The summed E-state index contributed by atoms with van der Waals surface area (Å²) < 4.78 is 27.7. The van der Waals surface area contributed by atoms with Crippen molar-refractivity contribution in [3.05, 3.63) is 40.9 Å². The van der Waals surface area contributed by atoms with Gasteiger partial charge >= 0.3 is 0 Å². The average molecular weight is 408 g/mol. The Morgan fingerprint density at radius 2 is 1.81 bits per heavy atom. The minimum atomic E-state index is -3.78. The summed E-state index contributed by atoms with van der Waals surface area (Å²) >= 11 is 1.50. The van der Waals surface area contributed by atoms with Gasteiger partial charge in [-0.3, -0.25) is 4.79 Å². The second-order valence-electron chi connectivity index (χ2n) is 7.09. The lowest BCUT2D eigenvalue weighted by molar-refractivity contribution is -0.118. The molecule has 0 aliphatic heterocycles. The van der Waals surface area contributed by atoms with Crippen molar-refractivity contribution in [2.45, 2.75) is 56.9 Å². The number of thiazole rings is 1. The van der Waals surface area contributed by atoms with Gasteiger partial charge in [-0.2, -0.15) is 4.72 Å². The highest BCUT2D eigenvalue weighted by molar-refractivity contribution is 7.89. The van der Waals surface area contributed by atoms with Crippen LogP contribution < -0.4 is 10.0 Å². The summed E-state index contributed by atoms with van der Waals surface area (Å²) in [6, 6.07) is 7.20. The van der Waals surface area contributed by atoms with Crippen molar-refractivity contribution >= 4 is 32.4 Å². The van der Waals surface area contributed by atoms with Gasteiger partial charge in [-0.05, 0) is 43.7 Å². The van der Waals surface area contributed by atoms with Crippen LogP contribution in [0.25, 0.3) is 0 Å². The molecule has 1 heterocycles. The minimum absolute atomic E-state index is 0.143. The van der Waals surface area contributed by atoms with Crippen molar-refractivity contribution in [3.63, 3.8) is 0 Å². The molecule has 0 radical (unpaired) electrons. The highest BCUT2D eigenvalue weighted by Gasteiger charge is 2.29. The molecule has 0 saturated heterocycles. The van der Waals surface area contributed by atoms with Gasteiger partial charge in [0.05, 0.1) is 10.6 Å². The number of sulfonamides is 1. The van der Waals surface area contributed by atoms with E-state index in [0.29, 0.717) is 5.13 Å². The van der Waals surface area contributed by atoms with Gasteiger partial charge in [0.15, 0.2) is 5.13 Å². The van der Waals surface area contributed by atoms with Crippen molar-refractivity contribution < 1.29 is 13.2 Å². The van der Waals surface area contributed by atoms with Crippen LogP contribution in [0.1, 0.15) is 43.7 Å². The van der Waals surface area contributed by atoms with Gasteiger partial charge in [0.1, 0.15) is 6.04 Å². The number of fused-ring (bicyclic) bond motifs is 1. The molecule has 1 aromatic heterocycles. The van der Waals surface area contributed by atoms with Gasteiger partial charge in [-0.25, -0.2) is 13.4 Å². The maximum Gasteiger partial charge on any atom is 0.244 e. The third kappa shape index (κ3) is 4.94. The molecule has 6 nitrogen and oxygen atoms in total. The van der Waals surface area contributed by atoms with Gasteiger partial charge in [-0.15, -0.1) is 11.3 Å². The third-order valence-electron chi connectivity index (χ3n) is 4.61. The Morgan fingerprint density at radius 3 is 2.52 bits per heavy atom. The summed E-state index contributed by atoms with van der Waals surface area (Å²) in [5.74, 6) is -0.588. The molecule has 1 unspecified atom stereocenters. The summed E-state index contributed by atoms with van der Waals surface area (Å²) in [6.45, 7) is 3.63. The fraction of sp³-hybridized carbons (Fsp3) is 0.474. The van der Waals surface area contributed by atoms with Crippen LogP contribution in [0.5, 0.6) is 0 Å². The average Bonchev–Trinajstić information content (AvgIpc) is 2.88. The molecule has 146 valence electrons. The van der Waals surface area contributed by atoms with Crippen LogP contribution in [-0.4, -0.2) is 25.4 Å². The van der Waals surface area contributed by atoms with Gasteiger partial charge in [-0.1, -0.05) is 38.5 Å². The fourth-order valence-electron chi connectivity index (χ4n) is 3.09. The summed E-state index contributed by atoms with van der Waals surface area (Å²) in [4.78, 5) is 18.7. The number of rotatable bonds is 6. The van der Waals surface area contributed by atoms with Gasteiger partial charge in [0.25, 0.3) is 0 Å². The Balaban J connectivity index is 1.74. The molecule has 8 heteroatoms. The molecule has 3 rings (SSSR count). The third-order valence-corrected chi connectivity index (χ3v) is 7.14. The number of nitrogens with zero attached hydrogens (tertiary/aromatic N) is 1. The molecule has 0 bridgehead atoms. The second-order valence-corrected chi connectivity index (χ2v) is 9.89. The maximum absolute atomic E-state index is 12.8. The Hall–Kier alpha value is -1.77. The number of anilines is 1. The molecule has 1 amide bonds. The number of carbonyl (C=O) groups is 1. The second kappa shape index (κ2) is 8.50. The number of aryl methyl sites for hydroxylation is 2. The van der Waals surface area contributed by atoms with Crippen LogP contribution in [0, 0.1) is 5.92 Å². The SMILES string of the molecule is CC(C)C(NS(=O)(=O)c1ccccc1)C(=O)Nc1nc2c(s1)CCCCC2. The molecule has 0 spiro atoms. The fourth-order valence-corrected chi connectivity index (χ4v) is 5.51. The largest absolute Gasteiger partial charge is 0.301 e. The Morgan fingerprint density at radius 1 is 1.11 bits per heavy atom. The van der Waals surface area contributed by atoms with E-state index in [1.165, 1.54) is 34.8 Å². The molecule has 27 heavy (non-hydrogen) atoms. The standard InChI is InChI=1S/C19H25N3O3S2/c1-13(2)17(22-27(24,25)14-9-5-3-6-10-14)18(23)21-19-20-15-11-7-4-8-12-16(15)26-19/h3,5-6,9-10,13,17,22H,4,7-8,11-12H2,1-2H3,(H,20,21,23). The monoisotopic (exact) mass is 407 g/mol. The summed E-state index contributed by atoms with van der Waals surface area (Å²) in [5.41, 5.74) is 1.07. The van der Waals surface area contributed by atoms with Crippen LogP contribution >= 0.6 is 11.3 Å². The van der Waals surface area contributed by atoms with Crippen molar-refractivity contribution in [2.75, 3.05) is 5.32 Å². The van der Waals surface area contributed by atoms with E-state index in [4.69, 9.17) is 0 Å². The van der Waals surface area contributed by atoms with Crippen molar-refractivity contribution in [1.29, 1.82) is 0 Å². The molecular formula is C19H25N3O3S2. The zero-order chi connectivity index (χ0) is 19.4. The topological polar surface area (TPSA) is 88.2 Å². The Kier molecular flexibility index (Phi) is 6.29. The summed E-state index contributed by atoms with van der Waals surface area (Å²) in [5, 5.41) is 3.37. The summed E-state index contributed by atoms with van der Waals surface area (Å²) in [7, 11) is -3.78. The van der Waals surface area contributed by atoms with Crippen LogP contribution in [0.3, 0.4) is 0 Å². The Bertz CT molecular complexity index is 869. The van der Waals surface area contributed by atoms with E-state index in [9.17, 15) is 13.2 Å². The van der Waals surface area contributed by atoms with Gasteiger partial charge < -0.3 is 5.32 Å². The first kappa shape index (κ1) is 20.0. The van der Waals surface area contributed by atoms with Crippen molar-refractivity contribution in [3.8, 4) is 0 Å². The van der Waals surface area contributed by atoms with E-state index in [-0.39, 0.29) is 16.7 Å². The smallest absolute Gasteiger partial charge is 0.244 e. The minimum Gasteiger partial charge on any atom is -0.301 e. The number of amides is 1. The number of benzene rings is 1. The maximum atomic E-state index is 12.8. The quantitative estimate of drug-likeness (QED) is 0.719. The number of hydrogen-bond donors (Lipinski definition) is 2.